The first-order valence-electron chi connectivity index (χ1n) is 10.1. The van der Waals surface area contributed by atoms with Crippen LogP contribution in [0.2, 0.25) is 0 Å². The van der Waals surface area contributed by atoms with E-state index in [1.807, 2.05) is 0 Å². The first-order chi connectivity index (χ1) is 12.5. The first kappa shape index (κ1) is 22.2. The van der Waals surface area contributed by atoms with Crippen molar-refractivity contribution < 1.29 is 19.8 Å². The highest BCUT2D eigenvalue weighted by molar-refractivity contribution is 6.04. The van der Waals surface area contributed by atoms with Crippen LogP contribution in [0.15, 0.2) is 12.1 Å². The first-order valence-corrected chi connectivity index (χ1v) is 10.1. The molecule has 0 aliphatic heterocycles. The lowest BCUT2D eigenvalue weighted by Gasteiger charge is -2.09. The van der Waals surface area contributed by atoms with Crippen molar-refractivity contribution in [2.75, 3.05) is 0 Å². The number of hydrogen-bond donors (Lipinski definition) is 2. The number of benzene rings is 1. The van der Waals surface area contributed by atoms with Crippen LogP contribution in [0.4, 0.5) is 0 Å². The molecule has 0 saturated heterocycles. The molecular weight excluding hydrogens is 328 g/mol. The van der Waals surface area contributed by atoms with E-state index in [0.29, 0.717) is 12.8 Å². The van der Waals surface area contributed by atoms with Crippen molar-refractivity contribution in [3.8, 4) is 11.5 Å². The molecule has 4 heteroatoms. The van der Waals surface area contributed by atoms with Crippen LogP contribution in [0.25, 0.3) is 0 Å². The van der Waals surface area contributed by atoms with Crippen molar-refractivity contribution >= 4 is 11.6 Å². The molecule has 0 aliphatic carbocycles. The molecule has 2 N–H and O–H groups in total. The lowest BCUT2D eigenvalue weighted by molar-refractivity contribution is 0.0976. The van der Waals surface area contributed by atoms with Gasteiger partial charge >= 0.3 is 0 Å². The highest BCUT2D eigenvalue weighted by Gasteiger charge is 2.18. The maximum atomic E-state index is 12.4. The monoisotopic (exact) mass is 362 g/mol. The van der Waals surface area contributed by atoms with E-state index in [1.165, 1.54) is 6.07 Å². The second-order valence-electron chi connectivity index (χ2n) is 7.06. The van der Waals surface area contributed by atoms with Crippen molar-refractivity contribution in [3.63, 3.8) is 0 Å². The smallest absolute Gasteiger partial charge is 0.166 e. The van der Waals surface area contributed by atoms with E-state index in [1.54, 1.807) is 0 Å². The molecule has 1 rings (SSSR count). The van der Waals surface area contributed by atoms with Gasteiger partial charge in [-0.05, 0) is 18.9 Å². The molecule has 0 heterocycles. The highest BCUT2D eigenvalue weighted by Crippen LogP contribution is 2.30. The largest absolute Gasteiger partial charge is 0.507 e. The number of phenolic OH excluding ortho intramolecular Hbond substituents is 2. The van der Waals surface area contributed by atoms with Gasteiger partial charge in [0.1, 0.15) is 11.5 Å². The quantitative estimate of drug-likeness (QED) is 0.306. The van der Waals surface area contributed by atoms with Crippen molar-refractivity contribution in [1.29, 1.82) is 0 Å². The SMILES string of the molecule is CCCCCCCC(=O)c1cc(C(=O)CCCCCCC)c(O)cc1O. The molecule has 0 amide bonds. The molecule has 0 unspecified atom stereocenters. The van der Waals surface area contributed by atoms with E-state index >= 15 is 0 Å². The number of unbranched alkanes of at least 4 members (excludes halogenated alkanes) is 8. The van der Waals surface area contributed by atoms with Gasteiger partial charge in [0, 0.05) is 18.9 Å². The Morgan fingerprint density at radius 1 is 0.654 bits per heavy atom. The van der Waals surface area contributed by atoms with Gasteiger partial charge < -0.3 is 10.2 Å². The third-order valence-electron chi connectivity index (χ3n) is 4.73. The molecule has 0 bridgehead atoms. The molecule has 0 aromatic heterocycles. The Morgan fingerprint density at radius 3 is 1.42 bits per heavy atom. The molecule has 146 valence electrons. The van der Waals surface area contributed by atoms with E-state index in [2.05, 4.69) is 13.8 Å². The molecule has 0 fully saturated rings. The predicted octanol–water partition coefficient (Wildman–Crippen LogP) is 6.18. The zero-order valence-electron chi connectivity index (χ0n) is 16.4. The number of carbonyl (C=O) groups is 2. The minimum atomic E-state index is -0.249. The van der Waals surface area contributed by atoms with Gasteiger partial charge in [0.25, 0.3) is 0 Å². The van der Waals surface area contributed by atoms with Crippen LogP contribution in [-0.2, 0) is 0 Å². The summed E-state index contributed by atoms with van der Waals surface area (Å²) in [4.78, 5) is 24.7. The average Bonchev–Trinajstić information content (AvgIpc) is 2.61. The predicted molar refractivity (Wildman–Crippen MR) is 105 cm³/mol. The Kier molecular flexibility index (Phi) is 10.7. The Hall–Kier alpha value is -1.84. The maximum absolute atomic E-state index is 12.4. The molecule has 26 heavy (non-hydrogen) atoms. The molecule has 1 aromatic rings. The fraction of sp³-hybridized carbons (Fsp3) is 0.636. The van der Waals surface area contributed by atoms with Gasteiger partial charge in [0.05, 0.1) is 11.1 Å². The van der Waals surface area contributed by atoms with Gasteiger partial charge in [0.2, 0.25) is 0 Å². The van der Waals surface area contributed by atoms with Crippen molar-refractivity contribution in [2.45, 2.75) is 90.9 Å². The third-order valence-corrected chi connectivity index (χ3v) is 4.73. The lowest BCUT2D eigenvalue weighted by Crippen LogP contribution is -2.05. The number of phenols is 2. The summed E-state index contributed by atoms with van der Waals surface area (Å²) in [7, 11) is 0. The molecule has 4 nitrogen and oxygen atoms in total. The third kappa shape index (κ3) is 7.59. The Bertz CT molecular complexity index is 531. The van der Waals surface area contributed by atoms with E-state index < -0.39 is 0 Å². The van der Waals surface area contributed by atoms with Crippen molar-refractivity contribution in [2.24, 2.45) is 0 Å². The zero-order chi connectivity index (χ0) is 19.4. The van der Waals surface area contributed by atoms with Gasteiger partial charge in [0.15, 0.2) is 11.6 Å². The second-order valence-corrected chi connectivity index (χ2v) is 7.06. The van der Waals surface area contributed by atoms with Crippen LogP contribution in [0.5, 0.6) is 11.5 Å². The summed E-state index contributed by atoms with van der Waals surface area (Å²) in [6.07, 6.45) is 11.1. The Morgan fingerprint density at radius 2 is 1.04 bits per heavy atom. The zero-order valence-corrected chi connectivity index (χ0v) is 16.4. The average molecular weight is 363 g/mol. The topological polar surface area (TPSA) is 74.6 Å². The number of aromatic hydroxyl groups is 2. The normalized spacial score (nSPS) is 10.8. The summed E-state index contributed by atoms with van der Waals surface area (Å²) in [6, 6.07) is 2.49. The van der Waals surface area contributed by atoms with Crippen LogP contribution in [0.1, 0.15) is 112 Å². The van der Waals surface area contributed by atoms with Gasteiger partial charge in [-0.2, -0.15) is 0 Å². The van der Waals surface area contributed by atoms with Crippen LogP contribution < -0.4 is 0 Å². The van der Waals surface area contributed by atoms with Crippen molar-refractivity contribution in [1.82, 2.24) is 0 Å². The maximum Gasteiger partial charge on any atom is 0.166 e. The lowest BCUT2D eigenvalue weighted by atomic mass is 9.97. The number of Topliss-reactive ketones (excluding diaryl/α,β-unsaturated/α-hetero) is 2. The van der Waals surface area contributed by atoms with E-state index in [-0.39, 0.29) is 34.2 Å². The highest BCUT2D eigenvalue weighted by atomic mass is 16.3. The Labute approximate surface area is 157 Å². The summed E-state index contributed by atoms with van der Waals surface area (Å²) in [5.74, 6) is -0.840. The van der Waals surface area contributed by atoms with Gasteiger partial charge in [-0.15, -0.1) is 0 Å². The van der Waals surface area contributed by atoms with E-state index in [9.17, 15) is 19.8 Å². The van der Waals surface area contributed by atoms with Crippen molar-refractivity contribution in [3.05, 3.63) is 23.3 Å². The fourth-order valence-electron chi connectivity index (χ4n) is 3.07. The number of hydrogen-bond acceptors (Lipinski definition) is 4. The van der Waals surface area contributed by atoms with Crippen LogP contribution in [-0.4, -0.2) is 21.8 Å². The molecule has 0 saturated carbocycles. The number of rotatable bonds is 14. The Balaban J connectivity index is 2.66. The van der Waals surface area contributed by atoms with Crippen LogP contribution >= 0.6 is 0 Å². The summed E-state index contributed by atoms with van der Waals surface area (Å²) in [5.41, 5.74) is 0.292. The fourth-order valence-corrected chi connectivity index (χ4v) is 3.07. The summed E-state index contributed by atoms with van der Waals surface area (Å²) in [6.45, 7) is 4.28. The van der Waals surface area contributed by atoms with E-state index in [4.69, 9.17) is 0 Å². The second kappa shape index (κ2) is 12.5. The van der Waals surface area contributed by atoms with Crippen LogP contribution in [0.3, 0.4) is 0 Å². The molecule has 0 spiro atoms. The number of carbonyl (C=O) groups excluding carboxylic acids is 2. The van der Waals surface area contributed by atoms with Gasteiger partial charge in [-0.3, -0.25) is 9.59 Å². The minimum Gasteiger partial charge on any atom is -0.507 e. The number of ketones is 2. The van der Waals surface area contributed by atoms with E-state index in [0.717, 1.165) is 70.3 Å². The minimum absolute atomic E-state index is 0.146. The molecule has 0 aliphatic rings. The molecule has 0 atom stereocenters. The standard InChI is InChI=1S/C22H34O4/c1-3-5-7-9-11-13-19(23)17-15-18(22(26)16-21(17)25)20(24)14-12-10-8-6-4-2/h15-16,25-26H,3-14H2,1-2H3. The van der Waals surface area contributed by atoms with Gasteiger partial charge in [-0.25, -0.2) is 0 Å². The summed E-state index contributed by atoms with van der Waals surface area (Å²) < 4.78 is 0. The summed E-state index contributed by atoms with van der Waals surface area (Å²) >= 11 is 0. The summed E-state index contributed by atoms with van der Waals surface area (Å²) in [5, 5.41) is 20.0. The van der Waals surface area contributed by atoms with Crippen LogP contribution in [0, 0.1) is 0 Å². The molecular formula is C22H34O4. The van der Waals surface area contributed by atoms with Gasteiger partial charge in [-0.1, -0.05) is 65.2 Å². The molecule has 1 aromatic carbocycles. The molecule has 0 radical (unpaired) electrons.